The van der Waals surface area contributed by atoms with Gasteiger partial charge in [0.05, 0.1) is 17.8 Å². The van der Waals surface area contributed by atoms with Gasteiger partial charge in [-0.3, -0.25) is 14.9 Å². The smallest absolute Gasteiger partial charge is 0.257 e. The van der Waals surface area contributed by atoms with E-state index in [0.29, 0.717) is 16.4 Å². The zero-order chi connectivity index (χ0) is 18.4. The van der Waals surface area contributed by atoms with Gasteiger partial charge in [-0.25, -0.2) is 4.98 Å². The second kappa shape index (κ2) is 8.64. The highest BCUT2D eigenvalue weighted by atomic mass is 32.2. The minimum Gasteiger partial charge on any atom is -0.325 e. The first kappa shape index (κ1) is 18.2. The minimum absolute atomic E-state index is 0.141. The molecule has 3 rings (SSSR count). The Hall–Kier alpha value is -2.64. The predicted octanol–water partition coefficient (Wildman–Crippen LogP) is 4.30. The molecule has 132 valence electrons. The lowest BCUT2D eigenvalue weighted by Crippen LogP contribution is -2.15. The summed E-state index contributed by atoms with van der Waals surface area (Å²) >= 11 is 2.88. The molecule has 26 heavy (non-hydrogen) atoms. The number of benzene rings is 2. The van der Waals surface area contributed by atoms with Crippen LogP contribution in [0.25, 0.3) is 0 Å². The average molecular weight is 383 g/mol. The first-order valence-electron chi connectivity index (χ1n) is 7.89. The lowest BCUT2D eigenvalue weighted by atomic mass is 10.2. The summed E-state index contributed by atoms with van der Waals surface area (Å²) in [6.07, 6.45) is 2.12. The summed E-state index contributed by atoms with van der Waals surface area (Å²) in [5, 5.41) is 7.91. The van der Waals surface area contributed by atoms with Crippen LogP contribution in [0.15, 0.2) is 64.9 Å². The van der Waals surface area contributed by atoms with Gasteiger partial charge in [0.2, 0.25) is 5.91 Å². The van der Waals surface area contributed by atoms with Gasteiger partial charge in [0.1, 0.15) is 0 Å². The molecule has 0 bridgehead atoms. The van der Waals surface area contributed by atoms with Crippen LogP contribution in [-0.2, 0) is 11.2 Å². The van der Waals surface area contributed by atoms with Crippen LogP contribution in [0, 0.1) is 0 Å². The van der Waals surface area contributed by atoms with E-state index in [1.807, 2.05) is 36.6 Å². The third-order valence-electron chi connectivity index (χ3n) is 3.53. The number of aromatic nitrogens is 1. The van der Waals surface area contributed by atoms with Crippen LogP contribution < -0.4 is 10.6 Å². The zero-order valence-corrected chi connectivity index (χ0v) is 15.7. The van der Waals surface area contributed by atoms with Gasteiger partial charge >= 0.3 is 0 Å². The molecule has 0 aliphatic carbocycles. The molecule has 0 saturated carbocycles. The molecule has 0 unspecified atom stereocenters. The number of hydrogen-bond acceptors (Lipinski definition) is 5. The number of anilines is 2. The van der Waals surface area contributed by atoms with Gasteiger partial charge in [0, 0.05) is 15.8 Å². The van der Waals surface area contributed by atoms with E-state index in [-0.39, 0.29) is 18.2 Å². The maximum Gasteiger partial charge on any atom is 0.257 e. The highest BCUT2D eigenvalue weighted by Crippen LogP contribution is 2.25. The quantitative estimate of drug-likeness (QED) is 0.623. The van der Waals surface area contributed by atoms with E-state index >= 15 is 0 Å². The van der Waals surface area contributed by atoms with Crippen LogP contribution in [0.4, 0.5) is 10.8 Å². The van der Waals surface area contributed by atoms with Crippen LogP contribution in [0.2, 0.25) is 0 Å². The van der Waals surface area contributed by atoms with E-state index in [0.717, 1.165) is 10.6 Å². The lowest BCUT2D eigenvalue weighted by Gasteiger charge is -2.08. The van der Waals surface area contributed by atoms with Gasteiger partial charge < -0.3 is 5.32 Å². The van der Waals surface area contributed by atoms with E-state index in [4.69, 9.17) is 0 Å². The van der Waals surface area contributed by atoms with Gasteiger partial charge in [-0.05, 0) is 30.5 Å². The molecular formula is C19H17N3O2S2. The number of carbonyl (C=O) groups excluding carboxylic acids is 2. The van der Waals surface area contributed by atoms with Crippen LogP contribution in [0.1, 0.15) is 16.1 Å². The van der Waals surface area contributed by atoms with Gasteiger partial charge in [-0.15, -0.1) is 23.1 Å². The SMILES string of the molecule is CSc1ccccc1NC(=O)Cc1csc(NC(=O)c2ccccc2)n1. The van der Waals surface area contributed by atoms with Crippen molar-refractivity contribution in [1.29, 1.82) is 0 Å². The van der Waals surface area contributed by atoms with Gasteiger partial charge in [-0.2, -0.15) is 0 Å². The molecule has 1 heterocycles. The van der Waals surface area contributed by atoms with E-state index in [1.54, 1.807) is 41.4 Å². The Morgan fingerprint density at radius 3 is 2.54 bits per heavy atom. The van der Waals surface area contributed by atoms with Crippen molar-refractivity contribution in [3.8, 4) is 0 Å². The molecule has 0 aliphatic rings. The Balaban J connectivity index is 1.59. The second-order valence-electron chi connectivity index (χ2n) is 5.39. The Labute approximate surface area is 159 Å². The molecule has 0 saturated heterocycles. The Bertz CT molecular complexity index is 910. The van der Waals surface area contributed by atoms with Gasteiger partial charge in [0.25, 0.3) is 5.91 Å². The number of carbonyl (C=O) groups is 2. The highest BCUT2D eigenvalue weighted by Gasteiger charge is 2.12. The fourth-order valence-corrected chi connectivity index (χ4v) is 3.57. The summed E-state index contributed by atoms with van der Waals surface area (Å²) in [5.41, 5.74) is 1.98. The predicted molar refractivity (Wildman–Crippen MR) is 107 cm³/mol. The summed E-state index contributed by atoms with van der Waals surface area (Å²) in [6.45, 7) is 0. The second-order valence-corrected chi connectivity index (χ2v) is 7.10. The van der Waals surface area contributed by atoms with Crippen LogP contribution >= 0.6 is 23.1 Å². The average Bonchev–Trinajstić information content (AvgIpc) is 3.09. The minimum atomic E-state index is -0.218. The molecular weight excluding hydrogens is 366 g/mol. The third-order valence-corrected chi connectivity index (χ3v) is 5.13. The largest absolute Gasteiger partial charge is 0.325 e. The molecule has 0 fully saturated rings. The number of rotatable bonds is 6. The molecule has 1 aromatic heterocycles. The molecule has 2 amide bonds. The van der Waals surface area contributed by atoms with Crippen molar-refractivity contribution in [2.24, 2.45) is 0 Å². The van der Waals surface area contributed by atoms with Crippen LogP contribution in [-0.4, -0.2) is 23.1 Å². The fourth-order valence-electron chi connectivity index (χ4n) is 2.31. The molecule has 7 heteroatoms. The van der Waals surface area contributed by atoms with Crippen LogP contribution in [0.3, 0.4) is 0 Å². The highest BCUT2D eigenvalue weighted by molar-refractivity contribution is 7.98. The summed E-state index contributed by atoms with van der Waals surface area (Å²) < 4.78 is 0. The number of thiazole rings is 1. The number of para-hydroxylation sites is 1. The number of thioether (sulfide) groups is 1. The summed E-state index contributed by atoms with van der Waals surface area (Å²) in [5.74, 6) is -0.359. The number of hydrogen-bond donors (Lipinski definition) is 2. The normalized spacial score (nSPS) is 10.3. The Morgan fingerprint density at radius 1 is 1.04 bits per heavy atom. The van der Waals surface area contributed by atoms with Crippen molar-refractivity contribution >= 4 is 45.7 Å². The molecule has 0 aliphatic heterocycles. The maximum atomic E-state index is 12.3. The van der Waals surface area contributed by atoms with Gasteiger partial charge in [0.15, 0.2) is 5.13 Å². The van der Waals surface area contributed by atoms with Crippen molar-refractivity contribution < 1.29 is 9.59 Å². The summed E-state index contributed by atoms with van der Waals surface area (Å²) in [7, 11) is 0. The van der Waals surface area contributed by atoms with Crippen molar-refractivity contribution in [3.05, 3.63) is 71.2 Å². The number of nitrogens with one attached hydrogen (secondary N) is 2. The first-order valence-corrected chi connectivity index (χ1v) is 10.00. The standard InChI is InChI=1S/C19H17N3O2S2/c1-25-16-10-6-5-9-15(16)21-17(23)11-14-12-26-19(20-14)22-18(24)13-7-3-2-4-8-13/h2-10,12H,11H2,1H3,(H,21,23)(H,20,22,24). The van der Waals surface area contributed by atoms with Crippen molar-refractivity contribution in [1.82, 2.24) is 4.98 Å². The number of nitrogens with zero attached hydrogens (tertiary/aromatic N) is 1. The van der Waals surface area contributed by atoms with Crippen LogP contribution in [0.5, 0.6) is 0 Å². The number of amides is 2. The molecule has 0 spiro atoms. The lowest BCUT2D eigenvalue weighted by molar-refractivity contribution is -0.115. The maximum absolute atomic E-state index is 12.3. The molecule has 0 radical (unpaired) electrons. The van der Waals surface area contributed by atoms with Crippen molar-refractivity contribution in [2.45, 2.75) is 11.3 Å². The summed E-state index contributed by atoms with van der Waals surface area (Å²) in [6, 6.07) is 16.6. The Morgan fingerprint density at radius 2 is 1.77 bits per heavy atom. The van der Waals surface area contributed by atoms with Crippen molar-refractivity contribution in [2.75, 3.05) is 16.9 Å². The van der Waals surface area contributed by atoms with Gasteiger partial charge in [-0.1, -0.05) is 30.3 Å². The first-order chi connectivity index (χ1) is 12.7. The summed E-state index contributed by atoms with van der Waals surface area (Å²) in [4.78, 5) is 29.7. The van der Waals surface area contributed by atoms with E-state index in [1.165, 1.54) is 11.3 Å². The topological polar surface area (TPSA) is 71.1 Å². The van der Waals surface area contributed by atoms with E-state index < -0.39 is 0 Å². The van der Waals surface area contributed by atoms with E-state index in [9.17, 15) is 9.59 Å². The fraction of sp³-hybridized carbons (Fsp3) is 0.105. The Kier molecular flexibility index (Phi) is 6.04. The molecule has 3 aromatic rings. The molecule has 2 aromatic carbocycles. The molecule has 5 nitrogen and oxygen atoms in total. The third kappa shape index (κ3) is 4.71. The molecule has 0 atom stereocenters. The molecule has 2 N–H and O–H groups in total. The van der Waals surface area contributed by atoms with E-state index in [2.05, 4.69) is 15.6 Å². The van der Waals surface area contributed by atoms with Crippen molar-refractivity contribution in [3.63, 3.8) is 0 Å². The monoisotopic (exact) mass is 383 g/mol. The zero-order valence-electron chi connectivity index (χ0n) is 14.1.